The largest absolute Gasteiger partial charge is 0.493 e. The average molecular weight is 542 g/mol. The number of fused-ring (bicyclic) bond motifs is 3. The minimum atomic E-state index is -0.544. The molecule has 1 aromatic heterocycles. The standard InChI is InChI=1S/C26H24ClN3O6S/c1-3-35-26(33)30-11-10-17-20(13-30)37-24-21(17)23(31)28-22(29-24)15-6-9-18(19(12-15)34-2)36-25(32)14-4-7-16(27)8-5-14/h4-9,12,22,29H,3,10-11,13H2,1-2H3,(H,28,31)/t22-/m0/s1. The Morgan fingerprint density at radius 2 is 1.92 bits per heavy atom. The third-order valence-electron chi connectivity index (χ3n) is 6.16. The zero-order valence-corrected chi connectivity index (χ0v) is 21.7. The predicted molar refractivity (Wildman–Crippen MR) is 139 cm³/mol. The van der Waals surface area contributed by atoms with Crippen molar-refractivity contribution >= 4 is 45.9 Å². The average Bonchev–Trinajstić information content (AvgIpc) is 3.27. The number of methoxy groups -OCH3 is 1. The Bertz CT molecular complexity index is 1370. The summed E-state index contributed by atoms with van der Waals surface area (Å²) in [5.74, 6) is -0.132. The zero-order valence-electron chi connectivity index (χ0n) is 20.1. The van der Waals surface area contributed by atoms with Gasteiger partial charge >= 0.3 is 12.1 Å². The molecule has 0 radical (unpaired) electrons. The molecule has 0 unspecified atom stereocenters. The zero-order chi connectivity index (χ0) is 26.1. The van der Waals surface area contributed by atoms with Crippen LogP contribution in [0.25, 0.3) is 0 Å². The van der Waals surface area contributed by atoms with Gasteiger partial charge in [0, 0.05) is 16.4 Å². The van der Waals surface area contributed by atoms with Crippen molar-refractivity contribution in [3.8, 4) is 11.5 Å². The maximum Gasteiger partial charge on any atom is 0.410 e. The first-order chi connectivity index (χ1) is 17.9. The van der Waals surface area contributed by atoms with Gasteiger partial charge in [0.2, 0.25) is 0 Å². The number of thiophene rings is 1. The Kier molecular flexibility index (Phi) is 6.94. The maximum absolute atomic E-state index is 13.1. The molecule has 1 atom stereocenters. The Morgan fingerprint density at radius 3 is 2.65 bits per heavy atom. The summed E-state index contributed by atoms with van der Waals surface area (Å²) in [6.07, 6.45) is -0.281. The smallest absolute Gasteiger partial charge is 0.410 e. The highest BCUT2D eigenvalue weighted by Crippen LogP contribution is 2.41. The lowest BCUT2D eigenvalue weighted by Gasteiger charge is -2.28. The van der Waals surface area contributed by atoms with E-state index in [1.807, 2.05) is 0 Å². The minimum absolute atomic E-state index is 0.182. The molecule has 2 aliphatic heterocycles. The molecule has 0 bridgehead atoms. The van der Waals surface area contributed by atoms with Crippen LogP contribution in [-0.4, -0.2) is 43.1 Å². The van der Waals surface area contributed by atoms with Crippen LogP contribution in [0, 0.1) is 0 Å². The van der Waals surface area contributed by atoms with Crippen molar-refractivity contribution in [2.24, 2.45) is 0 Å². The highest BCUT2D eigenvalue weighted by Gasteiger charge is 2.34. The molecule has 2 aliphatic rings. The molecule has 5 rings (SSSR count). The second-order valence-electron chi connectivity index (χ2n) is 8.44. The van der Waals surface area contributed by atoms with Crippen LogP contribution in [-0.2, 0) is 17.7 Å². The number of benzene rings is 2. The summed E-state index contributed by atoms with van der Waals surface area (Å²) in [5.41, 5.74) is 2.67. The first-order valence-electron chi connectivity index (χ1n) is 11.7. The van der Waals surface area contributed by atoms with Crippen molar-refractivity contribution in [3.05, 3.63) is 74.6 Å². The van der Waals surface area contributed by atoms with Crippen molar-refractivity contribution in [3.63, 3.8) is 0 Å². The van der Waals surface area contributed by atoms with Gasteiger partial charge in [-0.05, 0) is 60.9 Å². The number of rotatable bonds is 5. The van der Waals surface area contributed by atoms with Crippen LogP contribution in [0.1, 0.15) is 49.8 Å². The van der Waals surface area contributed by atoms with E-state index in [4.69, 9.17) is 25.8 Å². The van der Waals surface area contributed by atoms with E-state index in [9.17, 15) is 14.4 Å². The molecule has 2 N–H and O–H groups in total. The van der Waals surface area contributed by atoms with E-state index < -0.39 is 12.1 Å². The van der Waals surface area contributed by atoms with E-state index in [2.05, 4.69) is 10.6 Å². The van der Waals surface area contributed by atoms with Gasteiger partial charge in [-0.2, -0.15) is 0 Å². The fraction of sp³-hybridized carbons (Fsp3) is 0.269. The van der Waals surface area contributed by atoms with E-state index >= 15 is 0 Å². The summed E-state index contributed by atoms with van der Waals surface area (Å²) in [6.45, 7) is 3.00. The molecule has 3 heterocycles. The van der Waals surface area contributed by atoms with Crippen LogP contribution in [0.4, 0.5) is 9.80 Å². The second-order valence-corrected chi connectivity index (χ2v) is 9.98. The van der Waals surface area contributed by atoms with Gasteiger partial charge in [0.05, 0.1) is 31.4 Å². The van der Waals surface area contributed by atoms with Crippen molar-refractivity contribution < 1.29 is 28.6 Å². The Morgan fingerprint density at radius 1 is 1.14 bits per heavy atom. The normalized spacial score (nSPS) is 16.1. The quantitative estimate of drug-likeness (QED) is 0.346. The van der Waals surface area contributed by atoms with Gasteiger partial charge in [-0.1, -0.05) is 17.7 Å². The monoisotopic (exact) mass is 541 g/mol. The van der Waals surface area contributed by atoms with Crippen LogP contribution in [0.3, 0.4) is 0 Å². The van der Waals surface area contributed by atoms with Gasteiger partial charge < -0.3 is 29.7 Å². The number of esters is 1. The van der Waals surface area contributed by atoms with E-state index in [0.717, 1.165) is 21.0 Å². The van der Waals surface area contributed by atoms with Crippen LogP contribution in [0.5, 0.6) is 11.5 Å². The van der Waals surface area contributed by atoms with Crippen molar-refractivity contribution in [1.82, 2.24) is 10.2 Å². The summed E-state index contributed by atoms with van der Waals surface area (Å²) < 4.78 is 16.1. The molecule has 0 saturated heterocycles. The molecule has 0 saturated carbocycles. The molecule has 192 valence electrons. The fourth-order valence-electron chi connectivity index (χ4n) is 4.35. The molecule has 11 heteroatoms. The van der Waals surface area contributed by atoms with Crippen LogP contribution in [0.15, 0.2) is 42.5 Å². The number of nitrogens with zero attached hydrogens (tertiary/aromatic N) is 1. The van der Waals surface area contributed by atoms with Gasteiger partial charge in [-0.15, -0.1) is 11.3 Å². The lowest BCUT2D eigenvalue weighted by Crippen LogP contribution is -2.39. The number of hydrogen-bond acceptors (Lipinski definition) is 8. The molecule has 37 heavy (non-hydrogen) atoms. The molecule has 0 aliphatic carbocycles. The molecule has 2 amide bonds. The summed E-state index contributed by atoms with van der Waals surface area (Å²) in [7, 11) is 1.48. The molecule has 3 aromatic rings. The molecule has 0 spiro atoms. The van der Waals surface area contributed by atoms with Gasteiger partial charge in [0.1, 0.15) is 11.2 Å². The number of carbonyl (C=O) groups excluding carboxylic acids is 3. The van der Waals surface area contributed by atoms with Crippen molar-refractivity contribution in [2.75, 3.05) is 25.6 Å². The molecule has 0 fully saturated rings. The first-order valence-corrected chi connectivity index (χ1v) is 12.9. The first kappa shape index (κ1) is 24.9. The summed E-state index contributed by atoms with van der Waals surface area (Å²) in [4.78, 5) is 40.4. The number of carbonyl (C=O) groups is 3. The van der Waals surface area contributed by atoms with E-state index in [-0.39, 0.29) is 17.7 Å². The number of anilines is 1. The molecule has 9 nitrogen and oxygen atoms in total. The van der Waals surface area contributed by atoms with Gasteiger partial charge in [0.15, 0.2) is 11.5 Å². The Labute approximate surface area is 222 Å². The Hall–Kier alpha value is -3.76. The van der Waals surface area contributed by atoms with Crippen LogP contribution < -0.4 is 20.1 Å². The summed E-state index contributed by atoms with van der Waals surface area (Å²) >= 11 is 7.36. The lowest BCUT2D eigenvalue weighted by atomic mass is 10.0. The highest BCUT2D eigenvalue weighted by atomic mass is 35.5. The summed E-state index contributed by atoms with van der Waals surface area (Å²) in [6, 6.07) is 11.5. The third kappa shape index (κ3) is 4.94. The van der Waals surface area contributed by atoms with Crippen LogP contribution in [0.2, 0.25) is 5.02 Å². The van der Waals surface area contributed by atoms with E-state index in [0.29, 0.717) is 48.0 Å². The van der Waals surface area contributed by atoms with Gasteiger partial charge in [-0.25, -0.2) is 9.59 Å². The van der Waals surface area contributed by atoms with Crippen molar-refractivity contribution in [1.29, 1.82) is 0 Å². The SMILES string of the molecule is CCOC(=O)N1CCc2c(sc3c2C(=O)N[C@H](c2ccc(OC(=O)c4ccc(Cl)cc4)c(OC)c2)N3)C1. The maximum atomic E-state index is 13.1. The number of nitrogens with one attached hydrogen (secondary N) is 2. The van der Waals surface area contributed by atoms with Gasteiger partial charge in [-0.3, -0.25) is 4.79 Å². The Balaban J connectivity index is 1.34. The second kappa shape index (κ2) is 10.3. The lowest BCUT2D eigenvalue weighted by molar-refractivity contribution is 0.0729. The third-order valence-corrected chi connectivity index (χ3v) is 7.56. The number of halogens is 1. The number of ether oxygens (including phenoxy) is 3. The summed E-state index contributed by atoms with van der Waals surface area (Å²) in [5, 5.41) is 7.66. The van der Waals surface area contributed by atoms with Gasteiger partial charge in [0.25, 0.3) is 5.91 Å². The highest BCUT2D eigenvalue weighted by molar-refractivity contribution is 7.16. The molecule has 2 aromatic carbocycles. The molecular weight excluding hydrogens is 518 g/mol. The number of amides is 2. The minimum Gasteiger partial charge on any atom is -0.493 e. The van der Waals surface area contributed by atoms with E-state index in [1.54, 1.807) is 54.3 Å². The topological polar surface area (TPSA) is 106 Å². The fourth-order valence-corrected chi connectivity index (χ4v) is 5.76. The van der Waals surface area contributed by atoms with Crippen molar-refractivity contribution in [2.45, 2.75) is 26.1 Å². The van der Waals surface area contributed by atoms with E-state index in [1.165, 1.54) is 18.4 Å². The number of hydrogen-bond donors (Lipinski definition) is 2. The molecular formula is C26H24ClN3O6S. The predicted octanol–water partition coefficient (Wildman–Crippen LogP) is 5.00. The van der Waals surface area contributed by atoms with Crippen LogP contribution >= 0.6 is 22.9 Å².